The maximum atomic E-state index is 13.1. The van der Waals surface area contributed by atoms with E-state index in [9.17, 15) is 18.4 Å². The molecule has 2 amide bonds. The summed E-state index contributed by atoms with van der Waals surface area (Å²) >= 11 is 0. The van der Waals surface area contributed by atoms with Crippen LogP contribution in [0.5, 0.6) is 0 Å². The number of imidazole rings is 1. The van der Waals surface area contributed by atoms with Crippen molar-refractivity contribution in [3.05, 3.63) is 48.3 Å². The second-order valence-electron chi connectivity index (χ2n) is 7.58. The Labute approximate surface area is 161 Å². The highest BCUT2D eigenvalue weighted by molar-refractivity contribution is 5.93. The number of aromatic nitrogens is 2. The SMILES string of the molecule is O=C(N[C@@H]1CC[C@H](CNC(=O)[C@@H]2C[C@@H]2F)C1)c1cncn1-c1ccc(F)cc1. The number of amides is 2. The van der Waals surface area contributed by atoms with Crippen LogP contribution in [-0.2, 0) is 4.79 Å². The summed E-state index contributed by atoms with van der Waals surface area (Å²) in [4.78, 5) is 28.4. The van der Waals surface area contributed by atoms with Crippen molar-refractivity contribution in [1.82, 2.24) is 20.2 Å². The lowest BCUT2D eigenvalue weighted by molar-refractivity contribution is -0.122. The van der Waals surface area contributed by atoms with Gasteiger partial charge in [-0.05, 0) is 55.9 Å². The zero-order valence-electron chi connectivity index (χ0n) is 15.3. The fourth-order valence-corrected chi connectivity index (χ4v) is 3.73. The Morgan fingerprint density at radius 3 is 2.64 bits per heavy atom. The van der Waals surface area contributed by atoms with Gasteiger partial charge in [-0.1, -0.05) is 0 Å². The van der Waals surface area contributed by atoms with Crippen LogP contribution in [0.25, 0.3) is 5.69 Å². The molecule has 6 nitrogen and oxygen atoms in total. The third-order valence-corrected chi connectivity index (χ3v) is 5.47. The van der Waals surface area contributed by atoms with Gasteiger partial charge in [0.2, 0.25) is 5.91 Å². The van der Waals surface area contributed by atoms with Crippen molar-refractivity contribution in [2.75, 3.05) is 6.54 Å². The molecule has 0 spiro atoms. The van der Waals surface area contributed by atoms with E-state index in [4.69, 9.17) is 0 Å². The zero-order chi connectivity index (χ0) is 19.7. The molecule has 1 aromatic heterocycles. The molecule has 28 heavy (non-hydrogen) atoms. The minimum absolute atomic E-state index is 0.0146. The second-order valence-corrected chi connectivity index (χ2v) is 7.58. The number of hydrogen-bond donors (Lipinski definition) is 2. The first kappa shape index (κ1) is 18.6. The van der Waals surface area contributed by atoms with Crippen molar-refractivity contribution in [3.63, 3.8) is 0 Å². The maximum Gasteiger partial charge on any atom is 0.270 e. The number of carbonyl (C=O) groups excluding carboxylic acids is 2. The third kappa shape index (κ3) is 4.05. The van der Waals surface area contributed by atoms with E-state index in [1.165, 1.54) is 24.7 Å². The predicted octanol–water partition coefficient (Wildman–Crippen LogP) is 2.38. The van der Waals surface area contributed by atoms with E-state index in [1.54, 1.807) is 16.7 Å². The number of nitrogens with zero attached hydrogens (tertiary/aromatic N) is 2. The van der Waals surface area contributed by atoms with Crippen molar-refractivity contribution in [2.45, 2.75) is 37.9 Å². The molecule has 2 N–H and O–H groups in total. The maximum absolute atomic E-state index is 13.1. The van der Waals surface area contributed by atoms with Crippen LogP contribution in [0.2, 0.25) is 0 Å². The van der Waals surface area contributed by atoms with Crippen molar-refractivity contribution in [2.24, 2.45) is 11.8 Å². The molecule has 2 saturated carbocycles. The molecule has 8 heteroatoms. The molecule has 4 atom stereocenters. The van der Waals surface area contributed by atoms with Crippen molar-refractivity contribution in [3.8, 4) is 5.69 Å². The Kier molecular flexibility index (Phi) is 5.11. The lowest BCUT2D eigenvalue weighted by Gasteiger charge is -2.15. The summed E-state index contributed by atoms with van der Waals surface area (Å²) in [5, 5.41) is 5.83. The van der Waals surface area contributed by atoms with Crippen LogP contribution in [0, 0.1) is 17.7 Å². The first-order valence-corrected chi connectivity index (χ1v) is 9.52. The Balaban J connectivity index is 1.31. The number of carbonyl (C=O) groups is 2. The van der Waals surface area contributed by atoms with E-state index in [2.05, 4.69) is 15.6 Å². The summed E-state index contributed by atoms with van der Waals surface area (Å²) in [5.74, 6) is -0.989. The number of nitrogens with one attached hydrogen (secondary N) is 2. The highest BCUT2D eigenvalue weighted by Gasteiger charge is 2.43. The highest BCUT2D eigenvalue weighted by atomic mass is 19.1. The van der Waals surface area contributed by atoms with E-state index in [0.29, 0.717) is 24.3 Å². The predicted molar refractivity (Wildman–Crippen MR) is 98.1 cm³/mol. The van der Waals surface area contributed by atoms with Crippen molar-refractivity contribution in [1.29, 1.82) is 0 Å². The Morgan fingerprint density at radius 1 is 1.18 bits per heavy atom. The third-order valence-electron chi connectivity index (χ3n) is 5.47. The molecule has 0 bridgehead atoms. The summed E-state index contributed by atoms with van der Waals surface area (Å²) in [7, 11) is 0. The van der Waals surface area contributed by atoms with E-state index in [0.717, 1.165) is 19.3 Å². The van der Waals surface area contributed by atoms with Gasteiger partial charge < -0.3 is 10.6 Å². The van der Waals surface area contributed by atoms with Gasteiger partial charge in [0.15, 0.2) is 0 Å². The van der Waals surface area contributed by atoms with Gasteiger partial charge in [0.25, 0.3) is 5.91 Å². The van der Waals surface area contributed by atoms with Gasteiger partial charge in [0, 0.05) is 18.3 Å². The van der Waals surface area contributed by atoms with E-state index >= 15 is 0 Å². The molecule has 2 fully saturated rings. The van der Waals surface area contributed by atoms with Gasteiger partial charge in [-0.2, -0.15) is 0 Å². The lowest BCUT2D eigenvalue weighted by atomic mass is 10.1. The van der Waals surface area contributed by atoms with Crippen LogP contribution in [0.4, 0.5) is 8.78 Å². The van der Waals surface area contributed by atoms with Gasteiger partial charge >= 0.3 is 0 Å². The molecular formula is C20H22F2N4O2. The quantitative estimate of drug-likeness (QED) is 0.798. The number of hydrogen-bond acceptors (Lipinski definition) is 3. The molecule has 2 aromatic rings. The molecule has 0 saturated heterocycles. The minimum Gasteiger partial charge on any atom is -0.355 e. The Morgan fingerprint density at radius 2 is 1.93 bits per heavy atom. The van der Waals surface area contributed by atoms with Crippen LogP contribution >= 0.6 is 0 Å². The van der Waals surface area contributed by atoms with Gasteiger partial charge in [-0.25, -0.2) is 13.8 Å². The second kappa shape index (κ2) is 7.69. The topological polar surface area (TPSA) is 76.0 Å². The van der Waals surface area contributed by atoms with Crippen LogP contribution in [0.15, 0.2) is 36.8 Å². The number of benzene rings is 1. The van der Waals surface area contributed by atoms with Crippen LogP contribution in [-0.4, -0.2) is 40.1 Å². The largest absolute Gasteiger partial charge is 0.355 e. The number of halogens is 2. The minimum atomic E-state index is -0.985. The van der Waals surface area contributed by atoms with E-state index < -0.39 is 12.1 Å². The molecule has 2 aliphatic rings. The number of rotatable bonds is 6. The first-order valence-electron chi connectivity index (χ1n) is 9.52. The monoisotopic (exact) mass is 388 g/mol. The fraction of sp³-hybridized carbons (Fsp3) is 0.450. The average Bonchev–Trinajstić information content (AvgIpc) is 3.08. The van der Waals surface area contributed by atoms with E-state index in [1.807, 2.05) is 0 Å². The fourth-order valence-electron chi connectivity index (χ4n) is 3.73. The van der Waals surface area contributed by atoms with Crippen LogP contribution in [0.1, 0.15) is 36.2 Å². The van der Waals surface area contributed by atoms with Crippen LogP contribution in [0.3, 0.4) is 0 Å². The molecule has 2 aliphatic carbocycles. The molecule has 1 heterocycles. The Hall–Kier alpha value is -2.77. The van der Waals surface area contributed by atoms with Crippen molar-refractivity contribution < 1.29 is 18.4 Å². The summed E-state index contributed by atoms with van der Waals surface area (Å²) in [6, 6.07) is 5.86. The normalized spacial score (nSPS) is 26.1. The average molecular weight is 388 g/mol. The molecule has 0 radical (unpaired) electrons. The Bertz CT molecular complexity index is 867. The highest BCUT2D eigenvalue weighted by Crippen LogP contribution is 2.34. The van der Waals surface area contributed by atoms with E-state index in [-0.39, 0.29) is 29.6 Å². The lowest BCUT2D eigenvalue weighted by Crippen LogP contribution is -2.35. The molecule has 148 valence electrons. The molecule has 0 unspecified atom stereocenters. The zero-order valence-corrected chi connectivity index (χ0v) is 15.3. The van der Waals surface area contributed by atoms with Gasteiger partial charge in [0.05, 0.1) is 18.4 Å². The molecule has 0 aliphatic heterocycles. The summed E-state index contributed by atoms with van der Waals surface area (Å²) in [6.07, 6.45) is 4.83. The summed E-state index contributed by atoms with van der Waals surface area (Å²) in [6.45, 7) is 0.516. The van der Waals surface area contributed by atoms with Gasteiger partial charge in [-0.15, -0.1) is 0 Å². The number of alkyl halides is 1. The van der Waals surface area contributed by atoms with Gasteiger partial charge in [-0.3, -0.25) is 14.2 Å². The summed E-state index contributed by atoms with van der Waals surface area (Å²) < 4.78 is 27.6. The standard InChI is InChI=1S/C20H22F2N4O2/c21-13-2-5-15(6-3-13)26-11-23-10-18(26)20(28)25-14-4-1-12(7-14)9-24-19(27)16-8-17(16)22/h2-3,5-6,10-12,14,16-17H,1,4,7-9H2,(H,24,27)(H,25,28)/t12-,14+,16+,17-/m0/s1. The molecule has 4 rings (SSSR count). The summed E-state index contributed by atoms with van der Waals surface area (Å²) in [5.41, 5.74) is 1.04. The van der Waals surface area contributed by atoms with Crippen molar-refractivity contribution >= 4 is 11.8 Å². The van der Waals surface area contributed by atoms with Crippen LogP contribution < -0.4 is 10.6 Å². The van der Waals surface area contributed by atoms with Gasteiger partial charge in [0.1, 0.15) is 17.7 Å². The smallest absolute Gasteiger partial charge is 0.270 e. The molecular weight excluding hydrogens is 366 g/mol. The molecule has 1 aromatic carbocycles. The first-order chi connectivity index (χ1) is 13.5.